The van der Waals surface area contributed by atoms with Crippen molar-refractivity contribution in [2.45, 2.75) is 122 Å². The van der Waals surface area contributed by atoms with E-state index in [9.17, 15) is 19.5 Å². The first-order chi connectivity index (χ1) is 29.6. The van der Waals surface area contributed by atoms with Crippen LogP contribution in [-0.2, 0) is 28.7 Å². The molecule has 1 fully saturated rings. The number of fused-ring (bicyclic) bond motifs is 2. The molecule has 13 heteroatoms. The van der Waals surface area contributed by atoms with Crippen molar-refractivity contribution in [3.63, 3.8) is 0 Å². The van der Waals surface area contributed by atoms with Crippen molar-refractivity contribution in [3.05, 3.63) is 129 Å². The molecule has 328 valence electrons. The Labute approximate surface area is 364 Å². The van der Waals surface area contributed by atoms with Crippen molar-refractivity contribution in [2.24, 2.45) is 5.73 Å². The molecule has 12 nitrogen and oxygen atoms in total. The van der Waals surface area contributed by atoms with Gasteiger partial charge in [0.05, 0.1) is 22.8 Å². The number of aromatic hydroxyl groups is 1. The molecule has 62 heavy (non-hydrogen) atoms. The Morgan fingerprint density at radius 3 is 2.45 bits per heavy atom. The van der Waals surface area contributed by atoms with Gasteiger partial charge in [-0.3, -0.25) is 14.7 Å². The van der Waals surface area contributed by atoms with E-state index in [1.807, 2.05) is 60.7 Å². The van der Waals surface area contributed by atoms with Gasteiger partial charge < -0.3 is 34.7 Å². The summed E-state index contributed by atoms with van der Waals surface area (Å²) in [5.41, 5.74) is 13.1. The summed E-state index contributed by atoms with van der Waals surface area (Å²) in [7, 11) is -2.24. The van der Waals surface area contributed by atoms with Crippen LogP contribution in [0.15, 0.2) is 105 Å². The number of H-pyrrole nitrogens is 1. The van der Waals surface area contributed by atoms with Gasteiger partial charge in [0.25, 0.3) is 0 Å². The monoisotopic (exact) mass is 859 g/mol. The fourth-order valence-electron chi connectivity index (χ4n) is 8.06. The number of hydrogen-bond donors (Lipinski definition) is 5. The minimum atomic E-state index is -2.24. The van der Waals surface area contributed by atoms with Crippen LogP contribution in [0.1, 0.15) is 88.5 Å². The van der Waals surface area contributed by atoms with E-state index in [0.29, 0.717) is 30.7 Å². The quantitative estimate of drug-likeness (QED) is 0.0469. The number of amides is 1. The second-order valence-electron chi connectivity index (χ2n) is 18.2. The van der Waals surface area contributed by atoms with Gasteiger partial charge in [-0.1, -0.05) is 81.8 Å². The largest absolute Gasteiger partial charge is 0.506 e. The number of pyridine rings is 1. The molecule has 1 amide bonds. The Hall–Kier alpha value is -5.47. The van der Waals surface area contributed by atoms with Gasteiger partial charge in [-0.25, -0.2) is 9.59 Å². The molecular formula is C49H61N5O7Si. The van der Waals surface area contributed by atoms with Crippen LogP contribution in [0.2, 0.25) is 18.1 Å². The number of unbranched alkanes of at least 4 members (excludes halogenated alkanes) is 2. The number of nitrogens with two attached hydrogens (primary N) is 1. The Morgan fingerprint density at radius 1 is 0.935 bits per heavy atom. The van der Waals surface area contributed by atoms with E-state index >= 15 is 0 Å². The molecule has 4 aromatic carbocycles. The van der Waals surface area contributed by atoms with E-state index in [4.69, 9.17) is 19.3 Å². The minimum absolute atomic E-state index is 0.0109. The molecule has 0 radical (unpaired) electrons. The zero-order valence-corrected chi connectivity index (χ0v) is 37.6. The number of nitrogens with zero attached hydrogens (tertiary/aromatic N) is 1. The maximum atomic E-state index is 13.1. The van der Waals surface area contributed by atoms with Crippen LogP contribution >= 0.6 is 0 Å². The highest BCUT2D eigenvalue weighted by molar-refractivity contribution is 6.74. The fraction of sp³-hybridized carbons (Fsp3) is 0.408. The molecule has 6 aromatic rings. The number of oxazole rings is 1. The van der Waals surface area contributed by atoms with Gasteiger partial charge >= 0.3 is 11.8 Å². The van der Waals surface area contributed by atoms with Gasteiger partial charge in [0.1, 0.15) is 11.9 Å². The van der Waals surface area contributed by atoms with Crippen LogP contribution in [-0.4, -0.2) is 47.8 Å². The van der Waals surface area contributed by atoms with Gasteiger partial charge in [0.15, 0.2) is 13.9 Å². The van der Waals surface area contributed by atoms with Crippen molar-refractivity contribution in [2.75, 3.05) is 11.9 Å². The first kappa shape index (κ1) is 44.6. The number of benzene rings is 4. The van der Waals surface area contributed by atoms with E-state index in [1.54, 1.807) is 16.7 Å². The molecule has 2 heterocycles. The summed E-state index contributed by atoms with van der Waals surface area (Å²) in [5, 5.41) is 17.8. The Morgan fingerprint density at radius 2 is 1.69 bits per heavy atom. The molecular weight excluding hydrogens is 799 g/mol. The van der Waals surface area contributed by atoms with Crippen LogP contribution in [0.25, 0.3) is 33.1 Å². The molecule has 6 N–H and O–H groups in total. The van der Waals surface area contributed by atoms with Crippen molar-refractivity contribution in [3.8, 4) is 16.9 Å². The normalized spacial score (nSPS) is 16.4. The van der Waals surface area contributed by atoms with E-state index in [-0.39, 0.29) is 40.4 Å². The third kappa shape index (κ3) is 10.8. The summed E-state index contributed by atoms with van der Waals surface area (Å²) >= 11 is 0. The number of nitrogens with one attached hydrogen (secondary N) is 3. The molecule has 0 aliphatic heterocycles. The highest BCUT2D eigenvalue weighted by Gasteiger charge is 2.40. The van der Waals surface area contributed by atoms with Gasteiger partial charge in [-0.2, -0.15) is 0 Å². The van der Waals surface area contributed by atoms with Gasteiger partial charge in [-0.15, -0.1) is 0 Å². The van der Waals surface area contributed by atoms with Crippen LogP contribution < -0.4 is 27.7 Å². The lowest BCUT2D eigenvalue weighted by Crippen LogP contribution is -2.43. The summed E-state index contributed by atoms with van der Waals surface area (Å²) in [6.07, 6.45) is 5.80. The number of aryl methyl sites for hydroxylation is 2. The summed E-state index contributed by atoms with van der Waals surface area (Å²) in [5.74, 6) is -0.364. The van der Waals surface area contributed by atoms with Crippen LogP contribution in [0.4, 0.5) is 10.5 Å². The SMILES string of the molecule is CC(C)(C)[Si](C)(C)O[C@@H](CNCc1ccc2c(c1)oc(=O)n2CCCCCc1ccc(-c2ccccc2)c(NC(=O)OC2CCC(N)CC2)c1)c1ccc(O)c2[nH]c(=O)ccc12. The lowest BCUT2D eigenvalue weighted by molar-refractivity contribution is 0.0826. The molecule has 7 rings (SSSR count). The van der Waals surface area contributed by atoms with E-state index < -0.39 is 14.4 Å². The van der Waals surface area contributed by atoms with Crippen molar-refractivity contribution in [1.29, 1.82) is 0 Å². The van der Waals surface area contributed by atoms with E-state index in [2.05, 4.69) is 61.6 Å². The van der Waals surface area contributed by atoms with Crippen molar-refractivity contribution >= 4 is 42.1 Å². The second-order valence-corrected chi connectivity index (χ2v) is 23.0. The smallest absolute Gasteiger partial charge is 0.419 e. The van der Waals surface area contributed by atoms with E-state index in [1.165, 1.54) is 6.07 Å². The summed E-state index contributed by atoms with van der Waals surface area (Å²) in [4.78, 5) is 41.0. The zero-order valence-electron chi connectivity index (χ0n) is 36.6. The summed E-state index contributed by atoms with van der Waals surface area (Å²) < 4.78 is 20.2. The third-order valence-electron chi connectivity index (χ3n) is 12.6. The fourth-order valence-corrected chi connectivity index (χ4v) is 9.34. The number of aromatic nitrogens is 2. The minimum Gasteiger partial charge on any atom is -0.506 e. The van der Waals surface area contributed by atoms with Gasteiger partial charge in [0, 0.05) is 42.7 Å². The number of phenols is 1. The predicted octanol–water partition coefficient (Wildman–Crippen LogP) is 9.89. The molecule has 1 aliphatic rings. The molecule has 1 aliphatic carbocycles. The number of phenolic OH excluding ortho intramolecular Hbond substituents is 1. The first-order valence-electron chi connectivity index (χ1n) is 21.9. The number of hydrogen-bond acceptors (Lipinski definition) is 9. The molecule has 1 saturated carbocycles. The molecule has 0 spiro atoms. The molecule has 0 saturated heterocycles. The number of rotatable bonds is 16. The maximum absolute atomic E-state index is 13.1. The van der Waals surface area contributed by atoms with Crippen LogP contribution in [0.5, 0.6) is 5.75 Å². The van der Waals surface area contributed by atoms with Gasteiger partial charge in [0.2, 0.25) is 5.56 Å². The Balaban J connectivity index is 0.959. The Kier molecular flexibility index (Phi) is 13.9. The lowest BCUT2D eigenvalue weighted by atomic mass is 9.94. The molecule has 2 aromatic heterocycles. The third-order valence-corrected chi connectivity index (χ3v) is 17.1. The van der Waals surface area contributed by atoms with Gasteiger partial charge in [-0.05, 0) is 116 Å². The Bertz CT molecular complexity index is 2600. The number of carbonyl (C=O) groups excluding carboxylic acids is 1. The highest BCUT2D eigenvalue weighted by atomic mass is 28.4. The van der Waals surface area contributed by atoms with Crippen molar-refractivity contribution in [1.82, 2.24) is 14.9 Å². The zero-order chi connectivity index (χ0) is 44.0. The number of ether oxygens (including phenoxy) is 1. The summed E-state index contributed by atoms with van der Waals surface area (Å²) in [6.45, 7) is 12.5. The van der Waals surface area contributed by atoms with Crippen LogP contribution in [0.3, 0.4) is 0 Å². The average molecular weight is 860 g/mol. The van der Waals surface area contributed by atoms with Crippen molar-refractivity contribution < 1.29 is 23.5 Å². The lowest BCUT2D eigenvalue weighted by Gasteiger charge is -2.39. The van der Waals surface area contributed by atoms with E-state index in [0.717, 1.165) is 95.8 Å². The maximum Gasteiger partial charge on any atom is 0.419 e. The predicted molar refractivity (Wildman–Crippen MR) is 249 cm³/mol. The number of carbonyl (C=O) groups is 1. The standard InChI is InChI=1S/C49H61N5O7Si/c1-49(2,3)62(4,5)61-44(38-22-25-42(55)46-39(38)23-26-45(56)53-46)31-51-30-33-16-24-41-43(29-33)60-48(58)54(41)27-11-7-8-12-32-15-21-37(34-13-9-6-10-14-34)40(28-32)52-47(57)59-36-19-17-35(50)18-20-36/h6,9-10,13-16,21-26,28-29,35-36,44,51,55H,7-8,11-12,17-20,27,30-31,50H2,1-5H3,(H,52,57)(H,53,56)/t35?,36?,44-/m0/s1. The molecule has 0 bridgehead atoms. The average Bonchev–Trinajstić information content (AvgIpc) is 3.55. The first-order valence-corrected chi connectivity index (χ1v) is 24.8. The molecule has 1 atom stereocenters. The second kappa shape index (κ2) is 19.3. The number of anilines is 1. The highest BCUT2D eigenvalue weighted by Crippen LogP contribution is 2.41. The summed E-state index contributed by atoms with van der Waals surface area (Å²) in [6, 6.07) is 28.9. The topological polar surface area (TPSA) is 174 Å². The van der Waals surface area contributed by atoms with Crippen LogP contribution in [0, 0.1) is 0 Å². The number of aromatic amines is 1. The molecule has 0 unspecified atom stereocenters.